The van der Waals surface area contributed by atoms with Crippen molar-refractivity contribution in [2.24, 2.45) is 5.92 Å². The fraction of sp³-hybridized carbons (Fsp3) is 0.750. The van der Waals surface area contributed by atoms with Gasteiger partial charge in [-0.3, -0.25) is 4.90 Å². The van der Waals surface area contributed by atoms with Crippen molar-refractivity contribution in [2.45, 2.75) is 64.9 Å². The predicted octanol–water partition coefficient (Wildman–Crippen LogP) is 3.06. The van der Waals surface area contributed by atoms with Crippen molar-refractivity contribution in [3.05, 3.63) is 18.3 Å². The molecule has 0 atom stereocenters. The lowest BCUT2D eigenvalue weighted by molar-refractivity contribution is 0.243. The number of piperazine rings is 1. The van der Waals surface area contributed by atoms with Gasteiger partial charge in [-0.25, -0.2) is 13.4 Å². The number of sulfonamides is 1. The summed E-state index contributed by atoms with van der Waals surface area (Å²) in [4.78, 5) is 9.48. The van der Waals surface area contributed by atoms with Crippen molar-refractivity contribution in [3.8, 4) is 0 Å². The summed E-state index contributed by atoms with van der Waals surface area (Å²) in [6.45, 7) is 17.2. The van der Waals surface area contributed by atoms with E-state index in [0.29, 0.717) is 0 Å². The second kappa shape index (κ2) is 9.34. The summed E-state index contributed by atoms with van der Waals surface area (Å²) in [6.07, 6.45) is 2.74. The van der Waals surface area contributed by atoms with E-state index in [1.807, 2.05) is 33.8 Å². The van der Waals surface area contributed by atoms with Crippen LogP contribution in [0.15, 0.2) is 23.2 Å². The molecule has 0 aromatic carbocycles. The highest BCUT2D eigenvalue weighted by atomic mass is 32.2. The smallest absolute Gasteiger partial charge is 0.245 e. The van der Waals surface area contributed by atoms with Gasteiger partial charge in [0.2, 0.25) is 10.0 Å². The number of aromatic nitrogens is 1. The molecular formula is C20H36N4O2S. The highest BCUT2D eigenvalue weighted by Gasteiger charge is 2.30. The molecule has 1 aliphatic heterocycles. The van der Waals surface area contributed by atoms with Gasteiger partial charge < -0.3 is 4.90 Å². The SMILES string of the molecule is CC(C)CCN1CCN(c2ccc(S(=O)(=O)N(C(C)C)C(C)C)cn2)CC1. The van der Waals surface area contributed by atoms with E-state index < -0.39 is 10.0 Å². The van der Waals surface area contributed by atoms with Gasteiger partial charge in [0.15, 0.2) is 0 Å². The van der Waals surface area contributed by atoms with Crippen molar-refractivity contribution in [1.29, 1.82) is 0 Å². The molecule has 6 nitrogen and oxygen atoms in total. The molecule has 1 aliphatic rings. The Balaban J connectivity index is 2.03. The molecule has 0 bridgehead atoms. The summed E-state index contributed by atoms with van der Waals surface area (Å²) < 4.78 is 27.4. The van der Waals surface area contributed by atoms with Crippen LogP contribution in [0.5, 0.6) is 0 Å². The van der Waals surface area contributed by atoms with Gasteiger partial charge in [-0.05, 0) is 58.7 Å². The Morgan fingerprint density at radius 3 is 2.04 bits per heavy atom. The van der Waals surface area contributed by atoms with Gasteiger partial charge in [-0.2, -0.15) is 4.31 Å². The lowest BCUT2D eigenvalue weighted by atomic mass is 10.1. The molecule has 7 heteroatoms. The molecule has 0 spiro atoms. The standard InChI is InChI=1S/C20H36N4O2S/c1-16(2)9-10-22-11-13-23(14-12-22)20-8-7-19(15-21-20)27(25,26)24(17(3)4)18(5)6/h7-8,15-18H,9-14H2,1-6H3. The first-order chi connectivity index (χ1) is 12.6. The highest BCUT2D eigenvalue weighted by Crippen LogP contribution is 2.22. The summed E-state index contributed by atoms with van der Waals surface area (Å²) in [5.74, 6) is 1.59. The summed E-state index contributed by atoms with van der Waals surface area (Å²) >= 11 is 0. The number of hydrogen-bond donors (Lipinski definition) is 0. The molecule has 2 rings (SSSR count). The van der Waals surface area contributed by atoms with Crippen LogP contribution in [0, 0.1) is 5.92 Å². The van der Waals surface area contributed by atoms with Gasteiger partial charge in [0.05, 0.1) is 0 Å². The van der Waals surface area contributed by atoms with Crippen molar-refractivity contribution >= 4 is 15.8 Å². The quantitative estimate of drug-likeness (QED) is 0.676. The first-order valence-electron chi connectivity index (χ1n) is 10.1. The fourth-order valence-corrected chi connectivity index (χ4v) is 5.41. The Hall–Kier alpha value is -1.18. The Morgan fingerprint density at radius 2 is 1.59 bits per heavy atom. The molecule has 1 saturated heterocycles. The van der Waals surface area contributed by atoms with E-state index in [4.69, 9.17) is 0 Å². The molecule has 0 unspecified atom stereocenters. The van der Waals surface area contributed by atoms with E-state index in [0.717, 1.165) is 44.5 Å². The average Bonchev–Trinajstić information content (AvgIpc) is 2.59. The summed E-state index contributed by atoms with van der Waals surface area (Å²) in [5, 5.41) is 0. The molecule has 154 valence electrons. The van der Waals surface area contributed by atoms with Gasteiger partial charge >= 0.3 is 0 Å². The van der Waals surface area contributed by atoms with E-state index in [2.05, 4.69) is 28.6 Å². The Bertz CT molecular complexity index is 670. The van der Waals surface area contributed by atoms with Crippen LogP contribution < -0.4 is 4.90 Å². The van der Waals surface area contributed by atoms with Crippen molar-refractivity contribution in [2.75, 3.05) is 37.6 Å². The molecule has 1 aromatic rings. The zero-order chi connectivity index (χ0) is 20.2. The normalized spacial score (nSPS) is 16.9. The monoisotopic (exact) mass is 396 g/mol. The number of rotatable bonds is 8. The molecule has 0 amide bonds. The summed E-state index contributed by atoms with van der Waals surface area (Å²) in [5.41, 5.74) is 0. The minimum Gasteiger partial charge on any atom is -0.354 e. The molecule has 1 aromatic heterocycles. The van der Waals surface area contributed by atoms with Gasteiger partial charge in [0.1, 0.15) is 10.7 Å². The van der Waals surface area contributed by atoms with Gasteiger partial charge in [-0.15, -0.1) is 0 Å². The molecular weight excluding hydrogens is 360 g/mol. The van der Waals surface area contributed by atoms with E-state index in [9.17, 15) is 8.42 Å². The zero-order valence-electron chi connectivity index (χ0n) is 17.7. The van der Waals surface area contributed by atoms with Crippen LogP contribution in [-0.4, -0.2) is 67.4 Å². The topological polar surface area (TPSA) is 56.8 Å². The number of anilines is 1. The third-order valence-electron chi connectivity index (χ3n) is 5.03. The van der Waals surface area contributed by atoms with Crippen molar-refractivity contribution in [3.63, 3.8) is 0 Å². The minimum atomic E-state index is -3.53. The largest absolute Gasteiger partial charge is 0.354 e. The average molecular weight is 397 g/mol. The molecule has 27 heavy (non-hydrogen) atoms. The number of nitrogens with zero attached hydrogens (tertiary/aromatic N) is 4. The van der Waals surface area contributed by atoms with Crippen LogP contribution >= 0.6 is 0 Å². The lowest BCUT2D eigenvalue weighted by Gasteiger charge is -2.35. The second-order valence-electron chi connectivity index (χ2n) is 8.39. The zero-order valence-corrected chi connectivity index (χ0v) is 18.5. The Kier molecular flexibility index (Phi) is 7.65. The predicted molar refractivity (Wildman–Crippen MR) is 112 cm³/mol. The first kappa shape index (κ1) is 22.1. The van der Waals surface area contributed by atoms with E-state index in [-0.39, 0.29) is 17.0 Å². The molecule has 0 aliphatic carbocycles. The van der Waals surface area contributed by atoms with Crippen molar-refractivity contribution < 1.29 is 8.42 Å². The minimum absolute atomic E-state index is 0.0893. The van der Waals surface area contributed by atoms with E-state index in [1.165, 1.54) is 16.9 Å². The maximum atomic E-state index is 12.9. The van der Waals surface area contributed by atoms with Crippen molar-refractivity contribution in [1.82, 2.24) is 14.2 Å². The molecule has 2 heterocycles. The second-order valence-corrected chi connectivity index (χ2v) is 10.2. The van der Waals surface area contributed by atoms with Crippen LogP contribution in [0.4, 0.5) is 5.82 Å². The third kappa shape index (κ3) is 5.65. The number of pyridine rings is 1. The van der Waals surface area contributed by atoms with E-state index >= 15 is 0 Å². The molecule has 0 saturated carbocycles. The fourth-order valence-electron chi connectivity index (χ4n) is 3.63. The van der Waals surface area contributed by atoms with Crippen LogP contribution in [0.2, 0.25) is 0 Å². The maximum Gasteiger partial charge on any atom is 0.245 e. The molecule has 1 fully saturated rings. The Morgan fingerprint density at radius 1 is 1.00 bits per heavy atom. The summed E-state index contributed by atoms with van der Waals surface area (Å²) in [7, 11) is -3.53. The van der Waals surface area contributed by atoms with Crippen LogP contribution in [0.1, 0.15) is 48.0 Å². The summed E-state index contributed by atoms with van der Waals surface area (Å²) in [6, 6.07) is 3.36. The van der Waals surface area contributed by atoms with Crippen LogP contribution in [0.3, 0.4) is 0 Å². The first-order valence-corrected chi connectivity index (χ1v) is 11.5. The maximum absolute atomic E-state index is 12.9. The Labute approximate surface area is 165 Å². The van der Waals surface area contributed by atoms with Gasteiger partial charge in [0, 0.05) is 44.5 Å². The lowest BCUT2D eigenvalue weighted by Crippen LogP contribution is -2.47. The highest BCUT2D eigenvalue weighted by molar-refractivity contribution is 7.89. The van der Waals surface area contributed by atoms with Gasteiger partial charge in [-0.1, -0.05) is 13.8 Å². The molecule has 0 N–H and O–H groups in total. The van der Waals surface area contributed by atoms with Crippen LogP contribution in [-0.2, 0) is 10.0 Å². The molecule has 0 radical (unpaired) electrons. The van der Waals surface area contributed by atoms with Crippen LogP contribution in [0.25, 0.3) is 0 Å². The number of hydrogen-bond acceptors (Lipinski definition) is 5. The van der Waals surface area contributed by atoms with Gasteiger partial charge in [0.25, 0.3) is 0 Å². The third-order valence-corrected chi connectivity index (χ3v) is 7.27. The van der Waals surface area contributed by atoms with E-state index in [1.54, 1.807) is 6.07 Å².